The zero-order valence-corrected chi connectivity index (χ0v) is 8.65. The normalized spacial score (nSPS) is 16.8. The van der Waals surface area contributed by atoms with Crippen LogP contribution in [-0.2, 0) is 0 Å². The number of unbranched alkanes of at least 4 members (excludes halogenated alkanes) is 6. The van der Waals surface area contributed by atoms with Crippen LogP contribution in [0.3, 0.4) is 0 Å². The summed E-state index contributed by atoms with van der Waals surface area (Å²) in [6.45, 7) is 2.28. The highest BCUT2D eigenvalue weighted by atomic mass is 14.2. The molecule has 0 radical (unpaired) electrons. The monoisotopic (exact) mass is 168 g/mol. The molecule has 0 aromatic heterocycles. The molecule has 0 amide bonds. The summed E-state index contributed by atoms with van der Waals surface area (Å²) in [5.41, 5.74) is 0. The van der Waals surface area contributed by atoms with Gasteiger partial charge in [0, 0.05) is 0 Å². The molecule has 1 saturated carbocycles. The van der Waals surface area contributed by atoms with Crippen LogP contribution in [0.1, 0.15) is 71.1 Å². The molecular formula is C12H24. The summed E-state index contributed by atoms with van der Waals surface area (Å²) >= 11 is 0. The SMILES string of the molecule is CCCCCCCCCC1CC1. The lowest BCUT2D eigenvalue weighted by molar-refractivity contribution is 0.558. The Labute approximate surface area is 77.7 Å². The van der Waals surface area contributed by atoms with Gasteiger partial charge < -0.3 is 0 Å². The fourth-order valence-corrected chi connectivity index (χ4v) is 1.80. The Kier molecular flexibility index (Phi) is 5.47. The molecule has 0 heterocycles. The van der Waals surface area contributed by atoms with Crippen molar-refractivity contribution >= 4 is 0 Å². The molecule has 0 aliphatic heterocycles. The smallest absolute Gasteiger partial charge is 0.0414 e. The van der Waals surface area contributed by atoms with Crippen molar-refractivity contribution in [3.05, 3.63) is 0 Å². The van der Waals surface area contributed by atoms with E-state index < -0.39 is 0 Å². The van der Waals surface area contributed by atoms with Crippen LogP contribution >= 0.6 is 0 Å². The first-order chi connectivity index (χ1) is 5.93. The summed E-state index contributed by atoms with van der Waals surface area (Å²) in [7, 11) is 0. The molecule has 12 heavy (non-hydrogen) atoms. The van der Waals surface area contributed by atoms with Crippen LogP contribution in [0, 0.1) is 5.92 Å². The second-order valence-electron chi connectivity index (χ2n) is 4.35. The molecule has 0 spiro atoms. The van der Waals surface area contributed by atoms with Gasteiger partial charge in [-0.05, 0) is 5.92 Å². The first kappa shape index (κ1) is 10.1. The van der Waals surface area contributed by atoms with Crippen molar-refractivity contribution in [2.24, 2.45) is 5.92 Å². The van der Waals surface area contributed by atoms with Crippen LogP contribution in [-0.4, -0.2) is 0 Å². The van der Waals surface area contributed by atoms with Crippen molar-refractivity contribution in [3.63, 3.8) is 0 Å². The Hall–Kier alpha value is 0. The van der Waals surface area contributed by atoms with Crippen molar-refractivity contribution in [1.82, 2.24) is 0 Å². The summed E-state index contributed by atoms with van der Waals surface area (Å²) in [5, 5.41) is 0. The molecule has 72 valence electrons. The Morgan fingerprint density at radius 3 is 2.00 bits per heavy atom. The minimum absolute atomic E-state index is 1.15. The Morgan fingerprint density at radius 2 is 1.42 bits per heavy atom. The molecule has 0 aromatic carbocycles. The van der Waals surface area contributed by atoms with Crippen LogP contribution in [0.15, 0.2) is 0 Å². The summed E-state index contributed by atoms with van der Waals surface area (Å²) < 4.78 is 0. The summed E-state index contributed by atoms with van der Waals surface area (Å²) in [4.78, 5) is 0. The largest absolute Gasteiger partial charge is 0.0654 e. The van der Waals surface area contributed by atoms with E-state index in [-0.39, 0.29) is 0 Å². The molecule has 1 aliphatic carbocycles. The van der Waals surface area contributed by atoms with Crippen molar-refractivity contribution in [2.45, 2.75) is 71.1 Å². The van der Waals surface area contributed by atoms with Crippen LogP contribution in [0.25, 0.3) is 0 Å². The van der Waals surface area contributed by atoms with Crippen molar-refractivity contribution in [1.29, 1.82) is 0 Å². The van der Waals surface area contributed by atoms with Crippen molar-refractivity contribution in [2.75, 3.05) is 0 Å². The second-order valence-corrected chi connectivity index (χ2v) is 4.35. The molecular weight excluding hydrogens is 144 g/mol. The quantitative estimate of drug-likeness (QED) is 0.467. The van der Waals surface area contributed by atoms with E-state index in [2.05, 4.69) is 6.92 Å². The third-order valence-corrected chi connectivity index (χ3v) is 2.91. The molecule has 0 bridgehead atoms. The number of hydrogen-bond donors (Lipinski definition) is 0. The highest BCUT2D eigenvalue weighted by Gasteiger charge is 2.19. The summed E-state index contributed by atoms with van der Waals surface area (Å²) in [6, 6.07) is 0. The zero-order valence-electron chi connectivity index (χ0n) is 8.65. The predicted octanol–water partition coefficient (Wildman–Crippen LogP) is 4.54. The van der Waals surface area contributed by atoms with Crippen LogP contribution in [0.5, 0.6) is 0 Å². The van der Waals surface area contributed by atoms with Crippen LogP contribution in [0.4, 0.5) is 0 Å². The highest BCUT2D eigenvalue weighted by Crippen LogP contribution is 2.34. The number of rotatable bonds is 8. The van der Waals surface area contributed by atoms with Gasteiger partial charge in [0.25, 0.3) is 0 Å². The first-order valence-electron chi connectivity index (χ1n) is 5.93. The molecule has 1 aliphatic rings. The average molecular weight is 168 g/mol. The number of hydrogen-bond acceptors (Lipinski definition) is 0. The molecule has 0 nitrogen and oxygen atoms in total. The molecule has 0 atom stereocenters. The van der Waals surface area contributed by atoms with E-state index in [0.717, 1.165) is 5.92 Å². The van der Waals surface area contributed by atoms with E-state index in [1.54, 1.807) is 0 Å². The fourth-order valence-electron chi connectivity index (χ4n) is 1.80. The van der Waals surface area contributed by atoms with Gasteiger partial charge in [0.05, 0.1) is 0 Å². The standard InChI is InChI=1S/C12H24/c1-2-3-4-5-6-7-8-9-12-10-11-12/h12H,2-11H2,1H3. The fraction of sp³-hybridized carbons (Fsp3) is 1.00. The molecule has 0 unspecified atom stereocenters. The van der Waals surface area contributed by atoms with Gasteiger partial charge in [0.2, 0.25) is 0 Å². The maximum Gasteiger partial charge on any atom is -0.0414 e. The maximum atomic E-state index is 2.28. The van der Waals surface area contributed by atoms with Gasteiger partial charge in [-0.3, -0.25) is 0 Å². The minimum Gasteiger partial charge on any atom is -0.0654 e. The Balaban J connectivity index is 1.65. The topological polar surface area (TPSA) is 0 Å². The van der Waals surface area contributed by atoms with Gasteiger partial charge >= 0.3 is 0 Å². The van der Waals surface area contributed by atoms with E-state index in [1.807, 2.05) is 0 Å². The van der Waals surface area contributed by atoms with Gasteiger partial charge in [-0.1, -0.05) is 71.1 Å². The third kappa shape index (κ3) is 5.62. The van der Waals surface area contributed by atoms with Gasteiger partial charge in [0.1, 0.15) is 0 Å². The second kappa shape index (κ2) is 6.51. The van der Waals surface area contributed by atoms with Gasteiger partial charge in [-0.2, -0.15) is 0 Å². The van der Waals surface area contributed by atoms with E-state index in [0.29, 0.717) is 0 Å². The highest BCUT2D eigenvalue weighted by molar-refractivity contribution is 4.72. The van der Waals surface area contributed by atoms with E-state index in [9.17, 15) is 0 Å². The lowest BCUT2D eigenvalue weighted by Gasteiger charge is -1.99. The third-order valence-electron chi connectivity index (χ3n) is 2.91. The van der Waals surface area contributed by atoms with Crippen LogP contribution in [0.2, 0.25) is 0 Å². The molecule has 0 heteroatoms. The van der Waals surface area contributed by atoms with E-state index in [1.165, 1.54) is 64.2 Å². The van der Waals surface area contributed by atoms with Gasteiger partial charge in [0.15, 0.2) is 0 Å². The predicted molar refractivity (Wildman–Crippen MR) is 55.3 cm³/mol. The minimum atomic E-state index is 1.15. The van der Waals surface area contributed by atoms with Crippen LogP contribution < -0.4 is 0 Å². The Morgan fingerprint density at radius 1 is 0.833 bits per heavy atom. The van der Waals surface area contributed by atoms with E-state index >= 15 is 0 Å². The molecule has 0 N–H and O–H groups in total. The van der Waals surface area contributed by atoms with Crippen molar-refractivity contribution < 1.29 is 0 Å². The summed E-state index contributed by atoms with van der Waals surface area (Å²) in [5.74, 6) is 1.15. The van der Waals surface area contributed by atoms with Crippen molar-refractivity contribution in [3.8, 4) is 0 Å². The first-order valence-corrected chi connectivity index (χ1v) is 5.93. The zero-order chi connectivity index (χ0) is 8.65. The van der Waals surface area contributed by atoms with E-state index in [4.69, 9.17) is 0 Å². The molecule has 0 aromatic rings. The molecule has 1 rings (SSSR count). The maximum absolute atomic E-state index is 2.28. The average Bonchev–Trinajstić information content (AvgIpc) is 2.87. The molecule has 1 fully saturated rings. The van der Waals surface area contributed by atoms with Gasteiger partial charge in [-0.25, -0.2) is 0 Å². The lowest BCUT2D eigenvalue weighted by Crippen LogP contribution is -1.81. The molecule has 0 saturated heterocycles. The lowest BCUT2D eigenvalue weighted by atomic mass is 10.1. The summed E-state index contributed by atoms with van der Waals surface area (Å²) in [6.07, 6.45) is 14.9. The van der Waals surface area contributed by atoms with Gasteiger partial charge in [-0.15, -0.1) is 0 Å². The Bertz CT molecular complexity index is 92.2.